The Morgan fingerprint density at radius 1 is 0.649 bits per heavy atom. The Kier molecular flexibility index (Phi) is 16.2. The molecule has 0 aromatic heterocycles. The molecule has 4 nitrogen and oxygen atoms in total. The van der Waals surface area contributed by atoms with Gasteiger partial charge in [-0.3, -0.25) is 0 Å². The van der Waals surface area contributed by atoms with Crippen LogP contribution >= 0.6 is 0 Å². The van der Waals surface area contributed by atoms with Gasteiger partial charge in [0.2, 0.25) is 0 Å². The first-order valence-electron chi connectivity index (χ1n) is 14.4. The van der Waals surface area contributed by atoms with Gasteiger partial charge >= 0.3 is 5.97 Å². The molecule has 0 aliphatic carbocycles. The second-order valence-electron chi connectivity index (χ2n) is 9.82. The Bertz CT molecular complexity index is 835. The lowest BCUT2D eigenvalue weighted by Crippen LogP contribution is -2.13. The van der Waals surface area contributed by atoms with Gasteiger partial charge < -0.3 is 14.2 Å². The van der Waals surface area contributed by atoms with Crippen LogP contribution < -0.4 is 14.2 Å². The smallest absolute Gasteiger partial charge is 0.343 e. The van der Waals surface area contributed by atoms with Gasteiger partial charge in [-0.25, -0.2) is 9.18 Å². The number of hydrogen-bond donors (Lipinski definition) is 0. The summed E-state index contributed by atoms with van der Waals surface area (Å²) in [7, 11) is 0. The maximum atomic E-state index is 13.9. The van der Waals surface area contributed by atoms with Gasteiger partial charge in [0.15, 0.2) is 0 Å². The average Bonchev–Trinajstić information content (AvgIpc) is 2.92. The lowest BCUT2D eigenvalue weighted by molar-refractivity contribution is 0.0734. The van der Waals surface area contributed by atoms with Crippen molar-refractivity contribution in [3.8, 4) is 17.2 Å². The topological polar surface area (TPSA) is 44.8 Å². The van der Waals surface area contributed by atoms with Crippen LogP contribution in [0.2, 0.25) is 0 Å². The molecule has 0 radical (unpaired) electrons. The summed E-state index contributed by atoms with van der Waals surface area (Å²) in [6.45, 7) is 5.08. The van der Waals surface area contributed by atoms with E-state index in [2.05, 4.69) is 13.8 Å². The van der Waals surface area contributed by atoms with Gasteiger partial charge in [-0.15, -0.1) is 0 Å². The number of carbonyl (C=O) groups is 1. The molecular formula is C32H47FO4. The summed E-state index contributed by atoms with van der Waals surface area (Å²) in [5.74, 6) is 1.33. The second-order valence-corrected chi connectivity index (χ2v) is 9.82. The minimum Gasteiger partial charge on any atom is -0.494 e. The lowest BCUT2D eigenvalue weighted by Gasteiger charge is -2.11. The first-order chi connectivity index (χ1) is 18.1. The van der Waals surface area contributed by atoms with E-state index in [0.717, 1.165) is 31.4 Å². The van der Waals surface area contributed by atoms with Gasteiger partial charge in [0.1, 0.15) is 30.0 Å². The van der Waals surface area contributed by atoms with Crippen LogP contribution in [0.3, 0.4) is 0 Å². The summed E-state index contributed by atoms with van der Waals surface area (Å²) in [4.78, 5) is 12.5. The SMILES string of the molecule is CCCCCCCCCCCCOc1ccc(OC(=O)c2ccc(OCC(F)CCCCC)cc2)cc1. The van der Waals surface area contributed by atoms with Crippen molar-refractivity contribution in [2.24, 2.45) is 0 Å². The molecule has 0 heterocycles. The fraction of sp³-hybridized carbons (Fsp3) is 0.594. The van der Waals surface area contributed by atoms with E-state index < -0.39 is 12.1 Å². The standard InChI is InChI=1S/C32H47FO4/c1-3-5-7-8-9-10-11-12-13-15-25-35-29-21-23-31(24-22-29)37-32(34)27-17-19-30(20-18-27)36-26-28(33)16-14-6-4-2/h17-24,28H,3-16,25-26H2,1-2H3. The second kappa shape index (κ2) is 19.5. The molecule has 37 heavy (non-hydrogen) atoms. The zero-order valence-corrected chi connectivity index (χ0v) is 23.0. The first kappa shape index (κ1) is 30.7. The molecule has 0 aliphatic rings. The van der Waals surface area contributed by atoms with E-state index in [1.807, 2.05) is 12.1 Å². The summed E-state index contributed by atoms with van der Waals surface area (Å²) >= 11 is 0. The summed E-state index contributed by atoms with van der Waals surface area (Å²) in [5, 5.41) is 0. The molecule has 1 atom stereocenters. The number of unbranched alkanes of at least 4 members (excludes halogenated alkanes) is 11. The molecule has 0 bridgehead atoms. The van der Waals surface area contributed by atoms with Gasteiger partial charge in [-0.1, -0.05) is 90.9 Å². The third kappa shape index (κ3) is 14.1. The highest BCUT2D eigenvalue weighted by molar-refractivity contribution is 5.91. The van der Waals surface area contributed by atoms with E-state index in [-0.39, 0.29) is 6.61 Å². The lowest BCUT2D eigenvalue weighted by atomic mass is 10.1. The molecule has 0 N–H and O–H groups in total. The quantitative estimate of drug-likeness (QED) is 0.0945. The Morgan fingerprint density at radius 3 is 1.76 bits per heavy atom. The van der Waals surface area contributed by atoms with Gasteiger partial charge in [0.25, 0.3) is 0 Å². The van der Waals surface area contributed by atoms with Crippen molar-refractivity contribution in [1.82, 2.24) is 0 Å². The van der Waals surface area contributed by atoms with E-state index in [0.29, 0.717) is 30.1 Å². The Balaban J connectivity index is 1.60. The van der Waals surface area contributed by atoms with Crippen molar-refractivity contribution in [2.75, 3.05) is 13.2 Å². The Morgan fingerprint density at radius 2 is 1.14 bits per heavy atom. The molecule has 206 valence electrons. The zero-order chi connectivity index (χ0) is 26.6. The molecule has 2 rings (SSSR count). The van der Waals surface area contributed by atoms with Crippen molar-refractivity contribution < 1.29 is 23.4 Å². The van der Waals surface area contributed by atoms with Gasteiger partial charge in [-0.05, 0) is 61.4 Å². The van der Waals surface area contributed by atoms with Gasteiger partial charge in [-0.2, -0.15) is 0 Å². The number of hydrogen-bond acceptors (Lipinski definition) is 4. The van der Waals surface area contributed by atoms with Crippen LogP contribution in [0, 0.1) is 0 Å². The van der Waals surface area contributed by atoms with E-state index in [1.54, 1.807) is 36.4 Å². The minimum atomic E-state index is -0.974. The number of alkyl halides is 1. The summed E-state index contributed by atoms with van der Waals surface area (Å²) in [5.41, 5.74) is 0.411. The van der Waals surface area contributed by atoms with Crippen molar-refractivity contribution in [3.63, 3.8) is 0 Å². The molecule has 5 heteroatoms. The van der Waals surface area contributed by atoms with E-state index >= 15 is 0 Å². The molecular weight excluding hydrogens is 467 g/mol. The number of benzene rings is 2. The third-order valence-electron chi connectivity index (χ3n) is 6.44. The molecule has 1 unspecified atom stereocenters. The van der Waals surface area contributed by atoms with Crippen LogP contribution in [-0.2, 0) is 0 Å². The van der Waals surface area contributed by atoms with Crippen molar-refractivity contribution in [3.05, 3.63) is 54.1 Å². The van der Waals surface area contributed by atoms with Crippen LogP contribution in [-0.4, -0.2) is 25.4 Å². The molecule has 2 aromatic rings. The van der Waals surface area contributed by atoms with Crippen LogP contribution in [0.15, 0.2) is 48.5 Å². The predicted octanol–water partition coefficient (Wildman–Crippen LogP) is 9.50. The fourth-order valence-corrected chi connectivity index (χ4v) is 4.12. The molecule has 0 saturated heterocycles. The molecule has 0 aliphatic heterocycles. The largest absolute Gasteiger partial charge is 0.494 e. The molecule has 0 spiro atoms. The van der Waals surface area contributed by atoms with Gasteiger partial charge in [0, 0.05) is 0 Å². The van der Waals surface area contributed by atoms with Crippen LogP contribution in [0.4, 0.5) is 4.39 Å². The van der Waals surface area contributed by atoms with Crippen molar-refractivity contribution in [2.45, 2.75) is 110 Å². The molecule has 0 amide bonds. The fourth-order valence-electron chi connectivity index (χ4n) is 4.12. The van der Waals surface area contributed by atoms with Crippen LogP contribution in [0.5, 0.6) is 17.2 Å². The maximum absolute atomic E-state index is 13.9. The molecule has 0 fully saturated rings. The van der Waals surface area contributed by atoms with Crippen LogP contribution in [0.25, 0.3) is 0 Å². The highest BCUT2D eigenvalue weighted by atomic mass is 19.1. The first-order valence-corrected chi connectivity index (χ1v) is 14.4. The number of halogens is 1. The highest BCUT2D eigenvalue weighted by Gasteiger charge is 2.11. The van der Waals surface area contributed by atoms with E-state index in [4.69, 9.17) is 14.2 Å². The minimum absolute atomic E-state index is 0.0289. The zero-order valence-electron chi connectivity index (χ0n) is 23.0. The number of ether oxygens (including phenoxy) is 3. The summed E-state index contributed by atoms with van der Waals surface area (Å²) in [6, 6.07) is 13.7. The number of rotatable bonds is 21. The van der Waals surface area contributed by atoms with Crippen LogP contribution in [0.1, 0.15) is 114 Å². The third-order valence-corrected chi connectivity index (χ3v) is 6.44. The molecule has 0 saturated carbocycles. The summed E-state index contributed by atoms with van der Waals surface area (Å²) in [6.07, 6.45) is 15.5. The molecule has 2 aromatic carbocycles. The Labute approximate surface area is 223 Å². The van der Waals surface area contributed by atoms with Gasteiger partial charge in [0.05, 0.1) is 12.2 Å². The highest BCUT2D eigenvalue weighted by Crippen LogP contribution is 2.21. The maximum Gasteiger partial charge on any atom is 0.343 e. The van der Waals surface area contributed by atoms with E-state index in [9.17, 15) is 9.18 Å². The Hall–Kier alpha value is -2.56. The number of esters is 1. The average molecular weight is 515 g/mol. The van der Waals surface area contributed by atoms with E-state index in [1.165, 1.54) is 57.8 Å². The summed E-state index contributed by atoms with van der Waals surface area (Å²) < 4.78 is 30.7. The normalized spacial score (nSPS) is 11.8. The monoisotopic (exact) mass is 514 g/mol. The number of carbonyl (C=O) groups excluding carboxylic acids is 1. The predicted molar refractivity (Wildman–Crippen MR) is 150 cm³/mol. The van der Waals surface area contributed by atoms with Crippen molar-refractivity contribution >= 4 is 5.97 Å². The van der Waals surface area contributed by atoms with Crippen molar-refractivity contribution in [1.29, 1.82) is 0 Å².